The molecule has 4 heteroatoms. The van der Waals surface area contributed by atoms with Gasteiger partial charge in [0.1, 0.15) is 16.1 Å². The fraction of sp³-hybridized carbons (Fsp3) is 0.148. The molecular weight excluding hydrogens is 405 g/mol. The summed E-state index contributed by atoms with van der Waals surface area (Å²) >= 11 is 0. The van der Waals surface area contributed by atoms with Gasteiger partial charge in [0.05, 0.1) is 5.69 Å². The zero-order valence-electron chi connectivity index (χ0n) is 18.6. The fourth-order valence-electron chi connectivity index (χ4n) is 6.08. The molecule has 0 atom stereocenters. The van der Waals surface area contributed by atoms with Gasteiger partial charge in [0, 0.05) is 6.20 Å². The molecule has 2 aliphatic rings. The summed E-state index contributed by atoms with van der Waals surface area (Å²) in [6.45, 7) is 10.5. The normalized spacial score (nSPS) is 16.8. The molecule has 0 N–H and O–H groups in total. The molecule has 0 fully saturated rings. The van der Waals surface area contributed by atoms with Crippen molar-refractivity contribution in [2.75, 3.05) is 0 Å². The first-order valence-electron chi connectivity index (χ1n) is 11.2. The lowest BCUT2D eigenvalue weighted by Gasteiger charge is -2.45. The minimum Gasteiger partial charge on any atom is -0.256 e. The Hall–Kier alpha value is -2.69. The molecule has 3 heterocycles. The number of hydrogen-bond donors (Lipinski definition) is 0. The Morgan fingerprint density at radius 2 is 1.13 bits per heavy atom. The van der Waals surface area contributed by atoms with Gasteiger partial charge >= 0.3 is 0 Å². The minimum atomic E-state index is -1.84. The van der Waals surface area contributed by atoms with Gasteiger partial charge in [0.25, 0.3) is 0 Å². The molecule has 3 aromatic carbocycles. The predicted molar refractivity (Wildman–Crippen MR) is 141 cm³/mol. The highest BCUT2D eigenvalue weighted by Gasteiger charge is 2.49. The van der Waals surface area contributed by atoms with Gasteiger partial charge in [-0.3, -0.25) is 4.98 Å². The van der Waals surface area contributed by atoms with Crippen molar-refractivity contribution in [1.82, 2.24) is 4.98 Å². The highest BCUT2D eigenvalue weighted by Crippen LogP contribution is 2.21. The van der Waals surface area contributed by atoms with Crippen LogP contribution in [-0.2, 0) is 0 Å². The van der Waals surface area contributed by atoms with Crippen molar-refractivity contribution in [1.29, 1.82) is 0 Å². The first kappa shape index (κ1) is 19.0. The van der Waals surface area contributed by atoms with Gasteiger partial charge in [-0.1, -0.05) is 130 Å². The van der Waals surface area contributed by atoms with Crippen molar-refractivity contribution < 1.29 is 0 Å². The summed E-state index contributed by atoms with van der Waals surface area (Å²) in [5.41, 5.74) is 7.08. The van der Waals surface area contributed by atoms with Crippen LogP contribution in [0.4, 0.5) is 0 Å². The van der Waals surface area contributed by atoms with Crippen LogP contribution in [0.3, 0.4) is 0 Å². The average molecular weight is 431 g/mol. The molecule has 0 radical (unpaired) electrons. The van der Waals surface area contributed by atoms with Gasteiger partial charge in [-0.15, -0.1) is 0 Å². The lowest BCUT2D eigenvalue weighted by molar-refractivity contribution is 1.33. The third-order valence-corrected chi connectivity index (χ3v) is 14.8. The average Bonchev–Trinajstić information content (AvgIpc) is 2.79. The second-order valence-corrected chi connectivity index (χ2v) is 18.7. The largest absolute Gasteiger partial charge is 0.256 e. The van der Waals surface area contributed by atoms with E-state index in [9.17, 15) is 0 Å². The van der Waals surface area contributed by atoms with Crippen molar-refractivity contribution in [3.63, 3.8) is 0 Å². The Balaban J connectivity index is 1.77. The fourth-order valence-corrected chi connectivity index (χ4v) is 12.7. The van der Waals surface area contributed by atoms with Crippen LogP contribution in [0.5, 0.6) is 0 Å². The molecule has 1 aromatic heterocycles. The first-order chi connectivity index (χ1) is 14.9. The molecule has 0 amide bonds. The number of benzene rings is 3. The molecule has 0 aliphatic carbocycles. The summed E-state index contributed by atoms with van der Waals surface area (Å²) in [7, 11) is -3.68. The summed E-state index contributed by atoms with van der Waals surface area (Å²) in [4.78, 5) is 4.73. The summed E-state index contributed by atoms with van der Waals surface area (Å²) in [6.07, 6.45) is 1.92. The van der Waals surface area contributed by atoms with Gasteiger partial charge in [0.2, 0.25) is 6.71 Å². The SMILES string of the molecule is C[Si]1(C)c2ccccc2B2c3ccccc3[Si](C)(C)c3cc(-c4ccccn4)cc1c32. The highest BCUT2D eigenvalue weighted by molar-refractivity contribution is 7.21. The van der Waals surface area contributed by atoms with E-state index in [0.717, 1.165) is 5.69 Å². The number of pyridine rings is 1. The molecule has 2 aliphatic heterocycles. The van der Waals surface area contributed by atoms with Crippen molar-refractivity contribution in [2.24, 2.45) is 0 Å². The molecule has 1 nitrogen and oxygen atoms in total. The van der Waals surface area contributed by atoms with Gasteiger partial charge in [-0.25, -0.2) is 0 Å². The lowest BCUT2D eigenvalue weighted by Crippen LogP contribution is -2.86. The molecule has 4 aromatic rings. The highest BCUT2D eigenvalue weighted by atomic mass is 28.3. The van der Waals surface area contributed by atoms with Crippen LogP contribution in [-0.4, -0.2) is 27.8 Å². The van der Waals surface area contributed by atoms with Crippen molar-refractivity contribution in [2.45, 2.75) is 26.2 Å². The van der Waals surface area contributed by atoms with Crippen molar-refractivity contribution in [3.05, 3.63) is 85.1 Å². The second-order valence-electron chi connectivity index (χ2n) is 10.1. The maximum Gasteiger partial charge on any atom is 0.240 e. The smallest absolute Gasteiger partial charge is 0.240 e. The zero-order chi connectivity index (χ0) is 21.4. The van der Waals surface area contributed by atoms with E-state index in [4.69, 9.17) is 4.98 Å². The van der Waals surface area contributed by atoms with Crippen LogP contribution in [0.2, 0.25) is 26.2 Å². The molecule has 0 saturated carbocycles. The summed E-state index contributed by atoms with van der Waals surface area (Å²) < 4.78 is 0. The maximum atomic E-state index is 4.73. The van der Waals surface area contributed by atoms with Crippen LogP contribution in [0.15, 0.2) is 85.1 Å². The van der Waals surface area contributed by atoms with Gasteiger partial charge < -0.3 is 0 Å². The van der Waals surface area contributed by atoms with E-state index in [1.165, 1.54) is 16.5 Å². The number of rotatable bonds is 1. The number of aromatic nitrogens is 1. The first-order valence-corrected chi connectivity index (χ1v) is 17.2. The van der Waals surface area contributed by atoms with Gasteiger partial charge in [-0.05, 0) is 17.7 Å². The standard InChI is InChI=1S/C27H26BNSi2/c1-30(2)23-14-7-5-11-20(23)28-21-12-6-8-15-24(21)31(3,4)26-18-19(17-25(30)27(26)28)22-13-9-10-16-29-22/h5-18H,1-4H3. The van der Waals surface area contributed by atoms with E-state index in [0.29, 0.717) is 6.71 Å². The van der Waals surface area contributed by atoms with Crippen LogP contribution in [0.25, 0.3) is 11.3 Å². The number of fused-ring (bicyclic) bond motifs is 4. The Bertz CT molecular complexity index is 1260. The summed E-state index contributed by atoms with van der Waals surface area (Å²) in [6, 6.07) is 29.8. The third kappa shape index (κ3) is 2.52. The molecule has 0 spiro atoms. The molecule has 0 saturated heterocycles. The van der Waals surface area contributed by atoms with E-state index in [2.05, 4.69) is 99.0 Å². The molecule has 6 rings (SSSR count). The molecule has 0 unspecified atom stereocenters. The van der Waals surface area contributed by atoms with Crippen LogP contribution < -0.4 is 37.1 Å². The zero-order valence-corrected chi connectivity index (χ0v) is 20.6. The Kier molecular flexibility index (Phi) is 3.93. The Morgan fingerprint density at radius 1 is 0.613 bits per heavy atom. The second kappa shape index (κ2) is 6.41. The van der Waals surface area contributed by atoms with Crippen LogP contribution in [0.1, 0.15) is 0 Å². The third-order valence-electron chi connectivity index (χ3n) is 7.67. The Morgan fingerprint density at radius 3 is 1.65 bits per heavy atom. The van der Waals surface area contributed by atoms with E-state index in [1.54, 1.807) is 26.2 Å². The van der Waals surface area contributed by atoms with Gasteiger partial charge in [-0.2, -0.15) is 0 Å². The maximum absolute atomic E-state index is 4.73. The van der Waals surface area contributed by atoms with Crippen molar-refractivity contribution in [3.8, 4) is 11.3 Å². The molecule has 0 bridgehead atoms. The number of nitrogens with zero attached hydrogens (tertiary/aromatic N) is 1. The predicted octanol–water partition coefficient (Wildman–Crippen LogP) is 1.54. The van der Waals surface area contributed by atoms with Gasteiger partial charge in [0.15, 0.2) is 0 Å². The molecule has 31 heavy (non-hydrogen) atoms. The van der Waals surface area contributed by atoms with E-state index < -0.39 is 16.1 Å². The quantitative estimate of drug-likeness (QED) is 0.417. The van der Waals surface area contributed by atoms with E-state index >= 15 is 0 Å². The number of hydrogen-bond acceptors (Lipinski definition) is 1. The van der Waals surface area contributed by atoms with Crippen LogP contribution >= 0.6 is 0 Å². The lowest BCUT2D eigenvalue weighted by atomic mass is 9.36. The van der Waals surface area contributed by atoms with Crippen molar-refractivity contribution >= 4 is 60.0 Å². The minimum absolute atomic E-state index is 0.358. The summed E-state index contributed by atoms with van der Waals surface area (Å²) in [5, 5.41) is 6.41. The van der Waals surface area contributed by atoms with Crippen LogP contribution in [0, 0.1) is 0 Å². The topological polar surface area (TPSA) is 12.9 Å². The monoisotopic (exact) mass is 431 g/mol. The molecular formula is C27H26BNSi2. The van der Waals surface area contributed by atoms with E-state index in [1.807, 2.05) is 12.3 Å². The molecule has 150 valence electrons. The van der Waals surface area contributed by atoms with E-state index in [-0.39, 0.29) is 0 Å². The summed E-state index contributed by atoms with van der Waals surface area (Å²) in [5.74, 6) is 0. The Labute approximate surface area is 187 Å².